The lowest BCUT2D eigenvalue weighted by Gasteiger charge is -2.36. The number of hydrogen-bond donors (Lipinski definition) is 1. The second kappa shape index (κ2) is 6.46. The molecule has 0 atom stereocenters. The molecule has 2 aliphatic heterocycles. The van der Waals surface area contributed by atoms with Crippen LogP contribution in [0.4, 0.5) is 11.4 Å². The summed E-state index contributed by atoms with van der Waals surface area (Å²) < 4.78 is 0. The Kier molecular flexibility index (Phi) is 4.43. The van der Waals surface area contributed by atoms with E-state index < -0.39 is 0 Å². The van der Waals surface area contributed by atoms with Crippen molar-refractivity contribution in [1.29, 1.82) is 0 Å². The lowest BCUT2D eigenvalue weighted by Crippen LogP contribution is -2.48. The van der Waals surface area contributed by atoms with E-state index in [0.717, 1.165) is 18.8 Å². The standard InChI is InChI=1S/C16H26N4/c17-15-3-5-16(6-4-15)20-13-11-19(12-14-20)10-9-18-7-1-2-8-18/h3-6H,1-2,7-14,17H2. The number of nitrogen functional groups attached to an aromatic ring is 1. The monoisotopic (exact) mass is 274 g/mol. The summed E-state index contributed by atoms with van der Waals surface area (Å²) in [6, 6.07) is 8.26. The molecule has 1 aromatic carbocycles. The Labute approximate surface area is 122 Å². The molecular weight excluding hydrogens is 248 g/mol. The summed E-state index contributed by atoms with van der Waals surface area (Å²) in [5.74, 6) is 0. The zero-order chi connectivity index (χ0) is 13.8. The normalized spacial score (nSPS) is 21.5. The summed E-state index contributed by atoms with van der Waals surface area (Å²) in [6.45, 7) is 9.72. The molecule has 0 unspecified atom stereocenters. The van der Waals surface area contributed by atoms with Gasteiger partial charge in [0.25, 0.3) is 0 Å². The van der Waals surface area contributed by atoms with Crippen molar-refractivity contribution in [2.24, 2.45) is 0 Å². The Morgan fingerprint density at radius 3 is 1.90 bits per heavy atom. The van der Waals surface area contributed by atoms with Crippen LogP contribution in [-0.2, 0) is 0 Å². The fraction of sp³-hybridized carbons (Fsp3) is 0.625. The van der Waals surface area contributed by atoms with Crippen LogP contribution in [0.3, 0.4) is 0 Å². The maximum absolute atomic E-state index is 5.75. The topological polar surface area (TPSA) is 35.7 Å². The number of piperazine rings is 1. The van der Waals surface area contributed by atoms with Crippen molar-refractivity contribution in [1.82, 2.24) is 9.80 Å². The largest absolute Gasteiger partial charge is 0.399 e. The molecular formula is C16H26N4. The molecule has 0 bridgehead atoms. The predicted octanol–water partition coefficient (Wildman–Crippen LogP) is 1.49. The third kappa shape index (κ3) is 3.44. The molecule has 2 fully saturated rings. The van der Waals surface area contributed by atoms with Crippen LogP contribution in [0.1, 0.15) is 12.8 Å². The van der Waals surface area contributed by atoms with Crippen LogP contribution in [0.25, 0.3) is 0 Å². The fourth-order valence-electron chi connectivity index (χ4n) is 3.20. The number of benzene rings is 1. The highest BCUT2D eigenvalue weighted by atomic mass is 15.3. The van der Waals surface area contributed by atoms with E-state index in [9.17, 15) is 0 Å². The molecule has 2 saturated heterocycles. The Hall–Kier alpha value is -1.26. The lowest BCUT2D eigenvalue weighted by molar-refractivity contribution is 0.215. The van der Waals surface area contributed by atoms with Gasteiger partial charge in [0.2, 0.25) is 0 Å². The third-order valence-electron chi connectivity index (χ3n) is 4.56. The summed E-state index contributed by atoms with van der Waals surface area (Å²) in [7, 11) is 0. The van der Waals surface area contributed by atoms with Gasteiger partial charge in [0, 0.05) is 50.6 Å². The van der Waals surface area contributed by atoms with Gasteiger partial charge in [-0.1, -0.05) is 0 Å². The van der Waals surface area contributed by atoms with E-state index in [0.29, 0.717) is 0 Å². The molecule has 0 radical (unpaired) electrons. The minimum absolute atomic E-state index is 0.845. The van der Waals surface area contributed by atoms with Crippen LogP contribution in [0.15, 0.2) is 24.3 Å². The number of hydrogen-bond acceptors (Lipinski definition) is 4. The summed E-state index contributed by atoms with van der Waals surface area (Å²) in [5.41, 5.74) is 7.90. The highest BCUT2D eigenvalue weighted by Gasteiger charge is 2.18. The molecule has 1 aromatic rings. The molecule has 2 N–H and O–H groups in total. The molecule has 0 amide bonds. The highest BCUT2D eigenvalue weighted by Crippen LogP contribution is 2.18. The maximum atomic E-state index is 5.75. The number of nitrogens with zero attached hydrogens (tertiary/aromatic N) is 3. The van der Waals surface area contributed by atoms with Gasteiger partial charge in [-0.15, -0.1) is 0 Å². The molecule has 4 nitrogen and oxygen atoms in total. The van der Waals surface area contributed by atoms with Crippen molar-refractivity contribution in [2.75, 3.05) is 63.0 Å². The Morgan fingerprint density at radius 2 is 1.30 bits per heavy atom. The third-order valence-corrected chi connectivity index (χ3v) is 4.56. The van der Waals surface area contributed by atoms with E-state index in [1.165, 1.54) is 57.8 Å². The second-order valence-corrected chi connectivity index (χ2v) is 5.97. The second-order valence-electron chi connectivity index (χ2n) is 5.97. The van der Waals surface area contributed by atoms with E-state index in [1.807, 2.05) is 12.1 Å². The van der Waals surface area contributed by atoms with E-state index in [-0.39, 0.29) is 0 Å². The van der Waals surface area contributed by atoms with E-state index in [4.69, 9.17) is 5.73 Å². The summed E-state index contributed by atoms with van der Waals surface area (Å²) >= 11 is 0. The van der Waals surface area contributed by atoms with Crippen LogP contribution < -0.4 is 10.6 Å². The van der Waals surface area contributed by atoms with Gasteiger partial charge in [0.1, 0.15) is 0 Å². The Bertz CT molecular complexity index is 403. The van der Waals surface area contributed by atoms with Gasteiger partial charge >= 0.3 is 0 Å². The lowest BCUT2D eigenvalue weighted by atomic mass is 10.2. The number of anilines is 2. The van der Waals surface area contributed by atoms with Crippen molar-refractivity contribution in [2.45, 2.75) is 12.8 Å². The summed E-state index contributed by atoms with van der Waals surface area (Å²) in [6.07, 6.45) is 2.79. The van der Waals surface area contributed by atoms with E-state index >= 15 is 0 Å². The first-order chi connectivity index (χ1) is 9.81. The van der Waals surface area contributed by atoms with Crippen molar-refractivity contribution < 1.29 is 0 Å². The van der Waals surface area contributed by atoms with Crippen LogP contribution in [-0.4, -0.2) is 62.2 Å². The first-order valence-corrected chi connectivity index (χ1v) is 7.86. The van der Waals surface area contributed by atoms with Crippen molar-refractivity contribution in [3.63, 3.8) is 0 Å². The Morgan fingerprint density at radius 1 is 0.750 bits per heavy atom. The van der Waals surface area contributed by atoms with Crippen LogP contribution in [0.5, 0.6) is 0 Å². The SMILES string of the molecule is Nc1ccc(N2CCN(CCN3CCCC3)CC2)cc1. The minimum Gasteiger partial charge on any atom is -0.399 e. The van der Waals surface area contributed by atoms with E-state index in [2.05, 4.69) is 26.8 Å². The molecule has 20 heavy (non-hydrogen) atoms. The van der Waals surface area contributed by atoms with E-state index in [1.54, 1.807) is 0 Å². The average molecular weight is 274 g/mol. The molecule has 0 saturated carbocycles. The van der Waals surface area contributed by atoms with Gasteiger partial charge in [-0.25, -0.2) is 0 Å². The first-order valence-electron chi connectivity index (χ1n) is 7.86. The number of rotatable bonds is 4. The number of likely N-dealkylation sites (tertiary alicyclic amines) is 1. The smallest absolute Gasteiger partial charge is 0.0368 e. The minimum atomic E-state index is 0.845. The van der Waals surface area contributed by atoms with Crippen molar-refractivity contribution in [3.8, 4) is 0 Å². The molecule has 110 valence electrons. The van der Waals surface area contributed by atoms with Crippen LogP contribution >= 0.6 is 0 Å². The molecule has 2 heterocycles. The first kappa shape index (κ1) is 13.7. The zero-order valence-corrected chi connectivity index (χ0v) is 12.3. The van der Waals surface area contributed by atoms with Gasteiger partial charge in [0.15, 0.2) is 0 Å². The van der Waals surface area contributed by atoms with Crippen LogP contribution in [0.2, 0.25) is 0 Å². The quantitative estimate of drug-likeness (QED) is 0.844. The summed E-state index contributed by atoms with van der Waals surface area (Å²) in [4.78, 5) is 7.67. The molecule has 2 aliphatic rings. The van der Waals surface area contributed by atoms with Gasteiger partial charge in [-0.05, 0) is 50.2 Å². The molecule has 0 spiro atoms. The molecule has 0 aliphatic carbocycles. The zero-order valence-electron chi connectivity index (χ0n) is 12.3. The number of nitrogens with two attached hydrogens (primary N) is 1. The average Bonchev–Trinajstić information content (AvgIpc) is 3.00. The Balaban J connectivity index is 1.43. The molecule has 0 aromatic heterocycles. The van der Waals surface area contributed by atoms with Crippen LogP contribution in [0, 0.1) is 0 Å². The molecule has 4 heteroatoms. The van der Waals surface area contributed by atoms with Gasteiger partial charge in [-0.2, -0.15) is 0 Å². The van der Waals surface area contributed by atoms with Gasteiger partial charge in [-0.3, -0.25) is 4.90 Å². The maximum Gasteiger partial charge on any atom is 0.0368 e. The highest BCUT2D eigenvalue weighted by molar-refractivity contribution is 5.53. The van der Waals surface area contributed by atoms with Crippen molar-refractivity contribution in [3.05, 3.63) is 24.3 Å². The van der Waals surface area contributed by atoms with Gasteiger partial charge < -0.3 is 15.5 Å². The molecule has 3 rings (SSSR count). The fourth-order valence-corrected chi connectivity index (χ4v) is 3.20. The van der Waals surface area contributed by atoms with Gasteiger partial charge in [0.05, 0.1) is 0 Å². The van der Waals surface area contributed by atoms with Crippen molar-refractivity contribution >= 4 is 11.4 Å². The predicted molar refractivity (Wildman–Crippen MR) is 85.2 cm³/mol. The summed E-state index contributed by atoms with van der Waals surface area (Å²) in [5, 5.41) is 0.